The van der Waals surface area contributed by atoms with Crippen LogP contribution in [-0.2, 0) is 27.9 Å². The van der Waals surface area contributed by atoms with Gasteiger partial charge >= 0.3 is 5.97 Å². The quantitative estimate of drug-likeness (QED) is 0.0212. The van der Waals surface area contributed by atoms with Gasteiger partial charge in [0.1, 0.15) is 19.3 Å². The third-order valence-electron chi connectivity index (χ3n) is 13.4. The van der Waals surface area contributed by atoms with E-state index in [2.05, 4.69) is 86.8 Å². The minimum atomic E-state index is -4.72. The molecule has 0 aliphatic rings. The molecular formula is C65H117N2O7P. The number of hydrogen-bond donors (Lipinski definition) is 1. The van der Waals surface area contributed by atoms with Gasteiger partial charge in [-0.1, -0.05) is 267 Å². The molecule has 0 aromatic carbocycles. The number of ether oxygens (including phenoxy) is 1. The summed E-state index contributed by atoms with van der Waals surface area (Å²) in [6, 6.07) is -0.930. The summed E-state index contributed by atoms with van der Waals surface area (Å²) in [6.07, 6.45) is 71.4. The molecule has 0 aromatic rings. The molecule has 0 fully saturated rings. The standard InChI is InChI=1S/C65H117N2O7P/c1-7-10-13-16-19-22-25-28-30-32-33-35-36-39-42-45-48-51-54-57-64(68)66-62(61-73-75(70,71)72-60-59-67(4,5)6)63(56-53-50-47-44-41-38-27-24-21-18-15-12-9-3)74-65(69)58-55-52-49-46-43-40-37-34-31-29-26-23-20-17-14-11-8-2/h10,13,19,22,28,30,33,35,39,42,48,51,53,56,62-63H,7-9,11-12,14-18,20-21,23-27,29,31-32,34,36-38,40-41,43-47,49-50,52,54-55,57-61H2,1-6H3,(H-,66,68,70,71)/b13-10-,22-19-,30-28-,35-33-,42-39-,51-48-,56-53+. The van der Waals surface area contributed by atoms with Crippen LogP contribution in [0.4, 0.5) is 0 Å². The Morgan fingerprint density at radius 2 is 0.867 bits per heavy atom. The third kappa shape index (κ3) is 55.7. The van der Waals surface area contributed by atoms with Crippen molar-refractivity contribution in [1.82, 2.24) is 5.32 Å². The van der Waals surface area contributed by atoms with Crippen molar-refractivity contribution >= 4 is 19.7 Å². The van der Waals surface area contributed by atoms with E-state index in [1.807, 2.05) is 45.4 Å². The van der Waals surface area contributed by atoms with Crippen LogP contribution in [0, 0.1) is 0 Å². The molecule has 0 aliphatic heterocycles. The normalized spacial score (nSPS) is 14.3. The predicted octanol–water partition coefficient (Wildman–Crippen LogP) is 18.4. The number of rotatable bonds is 55. The summed E-state index contributed by atoms with van der Waals surface area (Å²) < 4.78 is 30.3. The largest absolute Gasteiger partial charge is 0.756 e. The highest BCUT2D eigenvalue weighted by Gasteiger charge is 2.27. The third-order valence-corrected chi connectivity index (χ3v) is 14.3. The smallest absolute Gasteiger partial charge is 0.306 e. The van der Waals surface area contributed by atoms with Crippen molar-refractivity contribution in [3.63, 3.8) is 0 Å². The summed E-state index contributed by atoms with van der Waals surface area (Å²) in [5.41, 5.74) is 0. The lowest BCUT2D eigenvalue weighted by molar-refractivity contribution is -0.870. The summed E-state index contributed by atoms with van der Waals surface area (Å²) >= 11 is 0. The lowest BCUT2D eigenvalue weighted by atomic mass is 10.0. The zero-order chi connectivity index (χ0) is 55.0. The maximum Gasteiger partial charge on any atom is 0.306 e. The van der Waals surface area contributed by atoms with Gasteiger partial charge in [-0.3, -0.25) is 14.2 Å². The van der Waals surface area contributed by atoms with Crippen LogP contribution in [0.3, 0.4) is 0 Å². The van der Waals surface area contributed by atoms with Gasteiger partial charge in [0, 0.05) is 12.8 Å². The second kappa shape index (κ2) is 54.5. The molecule has 0 heterocycles. The van der Waals surface area contributed by atoms with E-state index in [-0.39, 0.29) is 31.3 Å². The highest BCUT2D eigenvalue weighted by molar-refractivity contribution is 7.45. The van der Waals surface area contributed by atoms with Crippen molar-refractivity contribution in [2.75, 3.05) is 40.9 Å². The van der Waals surface area contributed by atoms with Gasteiger partial charge in [-0.15, -0.1) is 0 Å². The van der Waals surface area contributed by atoms with Gasteiger partial charge in [0.25, 0.3) is 7.82 Å². The Morgan fingerprint density at radius 1 is 0.480 bits per heavy atom. The first-order chi connectivity index (χ1) is 36.4. The van der Waals surface area contributed by atoms with E-state index < -0.39 is 26.6 Å². The van der Waals surface area contributed by atoms with Crippen LogP contribution in [0.25, 0.3) is 0 Å². The van der Waals surface area contributed by atoms with Gasteiger partial charge in [0.05, 0.1) is 33.8 Å². The maximum absolute atomic E-state index is 13.5. The average molecular weight is 1070 g/mol. The zero-order valence-electron chi connectivity index (χ0n) is 49.5. The van der Waals surface area contributed by atoms with Crippen LogP contribution in [-0.4, -0.2) is 69.4 Å². The number of phosphoric acid groups is 1. The second-order valence-corrected chi connectivity index (χ2v) is 23.2. The minimum Gasteiger partial charge on any atom is -0.756 e. The fourth-order valence-electron chi connectivity index (χ4n) is 8.60. The molecule has 0 rings (SSSR count). The van der Waals surface area contributed by atoms with E-state index in [0.29, 0.717) is 17.4 Å². The van der Waals surface area contributed by atoms with Crippen molar-refractivity contribution < 1.29 is 37.3 Å². The van der Waals surface area contributed by atoms with Crippen molar-refractivity contribution in [3.8, 4) is 0 Å². The van der Waals surface area contributed by atoms with Crippen LogP contribution in [0.2, 0.25) is 0 Å². The number of nitrogens with zero attached hydrogens (tertiary/aromatic N) is 1. The second-order valence-electron chi connectivity index (χ2n) is 21.8. The number of carbonyl (C=O) groups excluding carboxylic acids is 2. The fraction of sp³-hybridized carbons (Fsp3) is 0.754. The fourth-order valence-corrected chi connectivity index (χ4v) is 9.33. The minimum absolute atomic E-state index is 0.0378. The van der Waals surface area contributed by atoms with E-state index >= 15 is 0 Å². The molecule has 1 amide bonds. The zero-order valence-corrected chi connectivity index (χ0v) is 50.4. The van der Waals surface area contributed by atoms with Gasteiger partial charge in [-0.25, -0.2) is 0 Å². The number of allylic oxidation sites excluding steroid dienone is 13. The molecule has 3 unspecified atom stereocenters. The van der Waals surface area contributed by atoms with E-state index in [0.717, 1.165) is 77.0 Å². The highest BCUT2D eigenvalue weighted by Crippen LogP contribution is 2.38. The Labute approximate surface area is 463 Å². The molecule has 75 heavy (non-hydrogen) atoms. The molecule has 3 atom stereocenters. The van der Waals surface area contributed by atoms with Crippen LogP contribution in [0.15, 0.2) is 85.1 Å². The summed E-state index contributed by atoms with van der Waals surface area (Å²) in [4.78, 5) is 39.9. The molecule has 0 aliphatic carbocycles. The number of carbonyl (C=O) groups is 2. The van der Waals surface area contributed by atoms with Crippen molar-refractivity contribution in [2.45, 2.75) is 277 Å². The van der Waals surface area contributed by atoms with Crippen molar-refractivity contribution in [1.29, 1.82) is 0 Å². The first-order valence-corrected chi connectivity index (χ1v) is 32.4. The lowest BCUT2D eigenvalue weighted by Crippen LogP contribution is -2.47. The molecule has 0 saturated carbocycles. The number of hydrogen-bond acceptors (Lipinski definition) is 7. The number of quaternary nitrogens is 1. The molecule has 0 radical (unpaired) electrons. The maximum atomic E-state index is 13.5. The summed E-state index contributed by atoms with van der Waals surface area (Å²) in [7, 11) is 1.14. The number of esters is 1. The Morgan fingerprint density at radius 3 is 1.28 bits per heavy atom. The van der Waals surface area contributed by atoms with E-state index in [4.69, 9.17) is 13.8 Å². The molecule has 10 heteroatoms. The Hall–Kier alpha value is -2.81. The molecule has 0 bridgehead atoms. The summed E-state index contributed by atoms with van der Waals surface area (Å²) in [5, 5.41) is 2.98. The van der Waals surface area contributed by atoms with E-state index in [1.165, 1.54) is 148 Å². The Balaban J connectivity index is 5.41. The molecule has 434 valence electrons. The van der Waals surface area contributed by atoms with Crippen molar-refractivity contribution in [2.24, 2.45) is 0 Å². The van der Waals surface area contributed by atoms with Gasteiger partial charge in [-0.2, -0.15) is 0 Å². The van der Waals surface area contributed by atoms with Gasteiger partial charge < -0.3 is 28.5 Å². The summed E-state index contributed by atoms with van der Waals surface area (Å²) in [6.45, 7) is 6.68. The van der Waals surface area contributed by atoms with E-state index in [9.17, 15) is 19.0 Å². The first kappa shape index (κ1) is 72.2. The van der Waals surface area contributed by atoms with Crippen LogP contribution in [0.5, 0.6) is 0 Å². The van der Waals surface area contributed by atoms with E-state index in [1.54, 1.807) is 0 Å². The molecular weight excluding hydrogens is 952 g/mol. The molecule has 1 N–H and O–H groups in total. The number of phosphoric ester groups is 1. The molecule has 0 aromatic heterocycles. The predicted molar refractivity (Wildman–Crippen MR) is 321 cm³/mol. The molecule has 9 nitrogen and oxygen atoms in total. The molecule has 0 spiro atoms. The van der Waals surface area contributed by atoms with Crippen LogP contribution < -0.4 is 10.2 Å². The van der Waals surface area contributed by atoms with Crippen molar-refractivity contribution in [3.05, 3.63) is 85.1 Å². The lowest BCUT2D eigenvalue weighted by Gasteiger charge is -2.30. The first-order valence-electron chi connectivity index (χ1n) is 30.9. The highest BCUT2D eigenvalue weighted by atomic mass is 31.2. The topological polar surface area (TPSA) is 114 Å². The average Bonchev–Trinajstić information content (AvgIpc) is 3.37. The van der Waals surface area contributed by atoms with Gasteiger partial charge in [-0.05, 0) is 70.3 Å². The number of likely N-dealkylation sites (N-methyl/N-ethyl adjacent to an activating group) is 1. The van der Waals surface area contributed by atoms with Gasteiger partial charge in [0.2, 0.25) is 5.91 Å². The Bertz CT molecular complexity index is 1560. The number of unbranched alkanes of at least 4 members (excludes halogenated alkanes) is 27. The van der Waals surface area contributed by atoms with Crippen LogP contribution >= 0.6 is 7.82 Å². The number of nitrogens with one attached hydrogen (secondary N) is 1. The van der Waals surface area contributed by atoms with Gasteiger partial charge in [0.15, 0.2) is 0 Å². The van der Waals surface area contributed by atoms with Crippen LogP contribution in [0.1, 0.15) is 265 Å². The molecule has 0 saturated heterocycles. The Kier molecular flexibility index (Phi) is 52.5. The summed E-state index contributed by atoms with van der Waals surface area (Å²) in [5.74, 6) is -0.634. The SMILES string of the molecule is CC/C=C\C/C=C\C/C=C\C/C=C\C/C=C\C/C=C\CCC(=O)NC(COP(=O)([O-])OCC[N+](C)(C)C)C(/C=C/CCCCCCCCCCCCC)OC(=O)CCCCCCCCCCCCCCCCCCC. The monoisotopic (exact) mass is 1070 g/mol. The number of amides is 1.